The molecular formula is C26H32N2O3. The normalized spacial score (nSPS) is 22.5. The molecule has 2 heterocycles. The first kappa shape index (κ1) is 21.6. The Morgan fingerprint density at radius 2 is 1.87 bits per heavy atom. The van der Waals surface area contributed by atoms with Gasteiger partial charge in [0.05, 0.1) is 0 Å². The van der Waals surface area contributed by atoms with Gasteiger partial charge in [-0.3, -0.25) is 14.5 Å². The number of fused-ring (bicyclic) bond motifs is 1. The average molecular weight is 421 g/mol. The highest BCUT2D eigenvalue weighted by molar-refractivity contribution is 5.94. The Hall–Kier alpha value is -2.66. The van der Waals surface area contributed by atoms with Crippen LogP contribution in [0, 0.1) is 5.92 Å². The first-order valence-electron chi connectivity index (χ1n) is 11.4. The number of Topliss-reactive ketones (excluding diaryl/α,β-unsaturated/α-hetero) is 1. The van der Waals surface area contributed by atoms with E-state index in [-0.39, 0.29) is 11.7 Å². The Morgan fingerprint density at radius 3 is 2.65 bits per heavy atom. The summed E-state index contributed by atoms with van der Waals surface area (Å²) in [6.45, 7) is 7.03. The Bertz CT molecular complexity index is 914. The molecule has 0 unspecified atom stereocenters. The van der Waals surface area contributed by atoms with Crippen molar-refractivity contribution in [3.05, 3.63) is 65.7 Å². The third-order valence-corrected chi connectivity index (χ3v) is 6.62. The summed E-state index contributed by atoms with van der Waals surface area (Å²) >= 11 is 0. The van der Waals surface area contributed by atoms with E-state index in [1.165, 1.54) is 25.3 Å². The summed E-state index contributed by atoms with van der Waals surface area (Å²) in [5.41, 5.74) is 1.95. The molecule has 2 aliphatic rings. The first-order chi connectivity index (χ1) is 15.0. The van der Waals surface area contributed by atoms with Gasteiger partial charge in [-0.15, -0.1) is 0 Å². The number of amides is 1. The number of rotatable bonds is 6. The van der Waals surface area contributed by atoms with E-state index in [9.17, 15) is 9.59 Å². The summed E-state index contributed by atoms with van der Waals surface area (Å²) in [5.74, 6) is 1.11. The molecule has 3 atom stereocenters. The lowest BCUT2D eigenvalue weighted by Crippen LogP contribution is -2.56. The minimum Gasteiger partial charge on any atom is -0.481 e. The van der Waals surface area contributed by atoms with Crippen LogP contribution in [0.5, 0.6) is 5.75 Å². The molecule has 0 radical (unpaired) electrons. The molecule has 0 bridgehead atoms. The van der Waals surface area contributed by atoms with Crippen LogP contribution in [-0.4, -0.2) is 53.3 Å². The average Bonchev–Trinajstić information content (AvgIpc) is 2.79. The number of carbonyl (C=O) groups excluding carboxylic acids is 2. The Kier molecular flexibility index (Phi) is 6.71. The van der Waals surface area contributed by atoms with Gasteiger partial charge in [-0.1, -0.05) is 42.5 Å². The van der Waals surface area contributed by atoms with E-state index in [1.807, 2.05) is 4.90 Å². The van der Waals surface area contributed by atoms with Gasteiger partial charge < -0.3 is 9.64 Å². The second kappa shape index (κ2) is 9.65. The van der Waals surface area contributed by atoms with Gasteiger partial charge in [0.1, 0.15) is 5.75 Å². The summed E-state index contributed by atoms with van der Waals surface area (Å²) in [6.07, 6.45) is 2.80. The molecule has 0 spiro atoms. The van der Waals surface area contributed by atoms with Crippen LogP contribution in [0.4, 0.5) is 0 Å². The van der Waals surface area contributed by atoms with Crippen molar-refractivity contribution < 1.29 is 14.3 Å². The van der Waals surface area contributed by atoms with E-state index in [0.29, 0.717) is 23.3 Å². The van der Waals surface area contributed by atoms with Crippen LogP contribution >= 0.6 is 0 Å². The van der Waals surface area contributed by atoms with Crippen LogP contribution in [0.2, 0.25) is 0 Å². The zero-order valence-corrected chi connectivity index (χ0v) is 18.5. The number of carbonyl (C=O) groups is 2. The standard InChI is InChI=1S/C26H32N2O3/c1-19(29)22-10-6-12-24(16-22)31-20(2)26(30)28-15-13-25-23(18-28)11-7-14-27(25)17-21-8-4-3-5-9-21/h3-6,8-10,12,16,20,23,25H,7,11,13-15,17-18H2,1-2H3/t20-,23+,25+/m1/s1. The first-order valence-corrected chi connectivity index (χ1v) is 11.4. The largest absolute Gasteiger partial charge is 0.481 e. The number of ketones is 1. The van der Waals surface area contributed by atoms with Gasteiger partial charge in [-0.2, -0.15) is 0 Å². The minimum absolute atomic E-state index is 0.0103. The summed E-state index contributed by atoms with van der Waals surface area (Å²) < 4.78 is 5.90. The van der Waals surface area contributed by atoms with Crippen molar-refractivity contribution in [1.82, 2.24) is 9.80 Å². The summed E-state index contributed by atoms with van der Waals surface area (Å²) in [4.78, 5) is 29.3. The Labute approximate surface area is 185 Å². The smallest absolute Gasteiger partial charge is 0.263 e. The van der Waals surface area contributed by atoms with Gasteiger partial charge in [-0.05, 0) is 63.3 Å². The van der Waals surface area contributed by atoms with Crippen LogP contribution < -0.4 is 4.74 Å². The lowest BCUT2D eigenvalue weighted by atomic mass is 9.83. The Morgan fingerprint density at radius 1 is 1.06 bits per heavy atom. The molecule has 0 aliphatic carbocycles. The lowest BCUT2D eigenvalue weighted by molar-refractivity contribution is -0.141. The van der Waals surface area contributed by atoms with Gasteiger partial charge in [0.15, 0.2) is 11.9 Å². The van der Waals surface area contributed by atoms with Gasteiger partial charge in [0.25, 0.3) is 5.91 Å². The summed E-state index contributed by atoms with van der Waals surface area (Å²) in [6, 6.07) is 18.3. The van der Waals surface area contributed by atoms with Crippen molar-refractivity contribution in [3.8, 4) is 5.75 Å². The van der Waals surface area contributed by atoms with E-state index in [0.717, 1.165) is 32.6 Å². The number of hydrogen-bond donors (Lipinski definition) is 0. The molecule has 0 aromatic heterocycles. The van der Waals surface area contributed by atoms with Crippen LogP contribution in [0.1, 0.15) is 49.0 Å². The van der Waals surface area contributed by atoms with Crippen molar-refractivity contribution in [2.24, 2.45) is 5.92 Å². The molecule has 164 valence electrons. The molecular weight excluding hydrogens is 388 g/mol. The predicted octanol–water partition coefficient (Wildman–Crippen LogP) is 4.17. The Balaban J connectivity index is 1.36. The molecule has 1 amide bonds. The monoisotopic (exact) mass is 420 g/mol. The zero-order chi connectivity index (χ0) is 21.8. The quantitative estimate of drug-likeness (QED) is 0.658. The third kappa shape index (κ3) is 5.16. The van der Waals surface area contributed by atoms with Crippen LogP contribution in [0.25, 0.3) is 0 Å². The SMILES string of the molecule is CC(=O)c1cccc(O[C@H](C)C(=O)N2CC[C@H]3[C@@H](CCCN3Cc3ccccc3)C2)c1. The maximum absolute atomic E-state index is 13.1. The number of likely N-dealkylation sites (tertiary alicyclic amines) is 2. The van der Waals surface area contributed by atoms with Crippen molar-refractivity contribution >= 4 is 11.7 Å². The molecule has 2 aliphatic heterocycles. The fourth-order valence-electron chi connectivity index (χ4n) is 5.02. The number of nitrogens with zero attached hydrogens (tertiary/aromatic N) is 2. The van der Waals surface area contributed by atoms with Crippen molar-refractivity contribution in [1.29, 1.82) is 0 Å². The predicted molar refractivity (Wildman–Crippen MR) is 121 cm³/mol. The van der Waals surface area contributed by atoms with Crippen molar-refractivity contribution in [3.63, 3.8) is 0 Å². The van der Waals surface area contributed by atoms with Gasteiger partial charge >= 0.3 is 0 Å². The zero-order valence-electron chi connectivity index (χ0n) is 18.5. The molecule has 5 heteroatoms. The van der Waals surface area contributed by atoms with E-state index < -0.39 is 6.10 Å². The van der Waals surface area contributed by atoms with Crippen LogP contribution in [-0.2, 0) is 11.3 Å². The van der Waals surface area contributed by atoms with Gasteiger partial charge in [-0.25, -0.2) is 0 Å². The molecule has 4 rings (SSSR count). The topological polar surface area (TPSA) is 49.9 Å². The van der Waals surface area contributed by atoms with E-state index in [2.05, 4.69) is 35.2 Å². The molecule has 2 fully saturated rings. The molecule has 5 nitrogen and oxygen atoms in total. The summed E-state index contributed by atoms with van der Waals surface area (Å²) in [5, 5.41) is 0. The van der Waals surface area contributed by atoms with Crippen molar-refractivity contribution in [2.75, 3.05) is 19.6 Å². The number of hydrogen-bond acceptors (Lipinski definition) is 4. The fraction of sp³-hybridized carbons (Fsp3) is 0.462. The number of benzene rings is 2. The minimum atomic E-state index is -0.567. The molecule has 0 N–H and O–H groups in total. The molecule has 31 heavy (non-hydrogen) atoms. The molecule has 2 aromatic rings. The van der Waals surface area contributed by atoms with Crippen LogP contribution in [0.15, 0.2) is 54.6 Å². The second-order valence-electron chi connectivity index (χ2n) is 8.84. The fourth-order valence-corrected chi connectivity index (χ4v) is 5.02. The highest BCUT2D eigenvalue weighted by atomic mass is 16.5. The maximum atomic E-state index is 13.1. The van der Waals surface area contributed by atoms with Gasteiger partial charge in [0, 0.05) is 31.2 Å². The highest BCUT2D eigenvalue weighted by Crippen LogP contribution is 2.32. The number of ether oxygens (including phenoxy) is 1. The second-order valence-corrected chi connectivity index (χ2v) is 8.84. The van der Waals surface area contributed by atoms with Gasteiger partial charge in [0.2, 0.25) is 0 Å². The number of piperidine rings is 2. The molecule has 2 aromatic carbocycles. The third-order valence-electron chi connectivity index (χ3n) is 6.62. The lowest BCUT2D eigenvalue weighted by Gasteiger charge is -2.47. The summed E-state index contributed by atoms with van der Waals surface area (Å²) in [7, 11) is 0. The van der Waals surface area contributed by atoms with Crippen molar-refractivity contribution in [2.45, 2.75) is 51.8 Å². The van der Waals surface area contributed by atoms with E-state index in [4.69, 9.17) is 4.74 Å². The molecule has 2 saturated heterocycles. The highest BCUT2D eigenvalue weighted by Gasteiger charge is 2.38. The van der Waals surface area contributed by atoms with E-state index in [1.54, 1.807) is 31.2 Å². The molecule has 0 saturated carbocycles. The maximum Gasteiger partial charge on any atom is 0.263 e. The van der Waals surface area contributed by atoms with E-state index >= 15 is 0 Å². The van der Waals surface area contributed by atoms with Crippen LogP contribution in [0.3, 0.4) is 0 Å².